The van der Waals surface area contributed by atoms with Gasteiger partial charge in [-0.15, -0.1) is 0 Å². The summed E-state index contributed by atoms with van der Waals surface area (Å²) in [6.07, 6.45) is 11.4. The van der Waals surface area contributed by atoms with Crippen LogP contribution in [0.2, 0.25) is 0 Å². The van der Waals surface area contributed by atoms with Crippen LogP contribution in [0, 0.1) is 17.8 Å². The molecule has 1 aliphatic heterocycles. The number of fused-ring (bicyclic) bond motifs is 2. The van der Waals surface area contributed by atoms with Crippen molar-refractivity contribution in [1.82, 2.24) is 0 Å². The average Bonchev–Trinajstić information content (AvgIpc) is 3.11. The van der Waals surface area contributed by atoms with Crippen molar-refractivity contribution < 1.29 is 9.47 Å². The molecule has 3 aliphatic rings. The summed E-state index contributed by atoms with van der Waals surface area (Å²) < 4.78 is 11.1. The predicted octanol–water partition coefficient (Wildman–Crippen LogP) is 3.79. The molecule has 0 amide bonds. The van der Waals surface area contributed by atoms with Gasteiger partial charge < -0.3 is 9.47 Å². The molecule has 1 heterocycles. The number of rotatable bonds is 7. The van der Waals surface area contributed by atoms with Gasteiger partial charge in [-0.2, -0.15) is 0 Å². The molecule has 104 valence electrons. The lowest BCUT2D eigenvalue weighted by atomic mass is 9.63. The van der Waals surface area contributed by atoms with Crippen LogP contribution in [0.4, 0.5) is 0 Å². The molecule has 5 unspecified atom stereocenters. The van der Waals surface area contributed by atoms with Gasteiger partial charge >= 0.3 is 0 Å². The van der Waals surface area contributed by atoms with Gasteiger partial charge in [-0.3, -0.25) is 0 Å². The van der Waals surface area contributed by atoms with E-state index >= 15 is 0 Å². The third-order valence-electron chi connectivity index (χ3n) is 5.88. The molecule has 1 saturated heterocycles. The van der Waals surface area contributed by atoms with E-state index in [2.05, 4.69) is 6.92 Å². The number of unbranched alkanes of at least 4 members (excludes halogenated alkanes) is 1. The summed E-state index contributed by atoms with van der Waals surface area (Å²) in [6, 6.07) is 0. The number of hydrogen-bond donors (Lipinski definition) is 0. The number of epoxide rings is 1. The summed E-state index contributed by atoms with van der Waals surface area (Å²) in [5, 5.41) is 0. The van der Waals surface area contributed by atoms with Gasteiger partial charge in [-0.1, -0.05) is 26.2 Å². The number of methoxy groups -OCH3 is 1. The van der Waals surface area contributed by atoms with Crippen LogP contribution in [0.5, 0.6) is 0 Å². The molecule has 0 N–H and O–H groups in total. The Morgan fingerprint density at radius 1 is 1.33 bits per heavy atom. The predicted molar refractivity (Wildman–Crippen MR) is 72.6 cm³/mol. The summed E-state index contributed by atoms with van der Waals surface area (Å²) in [5.74, 6) is 2.99. The highest BCUT2D eigenvalue weighted by Gasteiger charge is 2.66. The molecule has 1 spiro atoms. The highest BCUT2D eigenvalue weighted by molar-refractivity contribution is 5.14. The van der Waals surface area contributed by atoms with Crippen molar-refractivity contribution in [3.63, 3.8) is 0 Å². The fraction of sp³-hybridized carbons (Fsp3) is 1.00. The van der Waals surface area contributed by atoms with Crippen LogP contribution in [0.3, 0.4) is 0 Å². The Morgan fingerprint density at radius 3 is 2.83 bits per heavy atom. The Morgan fingerprint density at radius 2 is 2.17 bits per heavy atom. The number of ether oxygens (including phenoxy) is 2. The maximum absolute atomic E-state index is 5.66. The van der Waals surface area contributed by atoms with Crippen molar-refractivity contribution >= 4 is 0 Å². The maximum atomic E-state index is 5.66. The van der Waals surface area contributed by atoms with Crippen LogP contribution in [0.1, 0.15) is 58.3 Å². The highest BCUT2D eigenvalue weighted by Crippen LogP contribution is 2.64. The van der Waals surface area contributed by atoms with Crippen molar-refractivity contribution in [3.8, 4) is 0 Å². The lowest BCUT2D eigenvalue weighted by Gasteiger charge is -2.41. The highest BCUT2D eigenvalue weighted by atomic mass is 16.6. The molecule has 2 heteroatoms. The summed E-state index contributed by atoms with van der Waals surface area (Å²) in [4.78, 5) is 0. The monoisotopic (exact) mass is 252 g/mol. The van der Waals surface area contributed by atoms with Gasteiger partial charge in [0.05, 0.1) is 18.3 Å². The summed E-state index contributed by atoms with van der Waals surface area (Å²) in [6.45, 7) is 3.30. The molecular weight excluding hydrogens is 224 g/mol. The van der Waals surface area contributed by atoms with Gasteiger partial charge in [0, 0.05) is 7.11 Å². The molecule has 0 aromatic carbocycles. The first-order chi connectivity index (χ1) is 8.79. The van der Waals surface area contributed by atoms with Gasteiger partial charge in [-0.05, 0) is 49.9 Å². The Labute approximate surface area is 111 Å². The summed E-state index contributed by atoms with van der Waals surface area (Å²) in [5.41, 5.74) is 0.419. The molecule has 18 heavy (non-hydrogen) atoms. The molecule has 5 atom stereocenters. The first-order valence-electron chi connectivity index (χ1n) is 7.96. The first-order valence-corrected chi connectivity index (χ1v) is 7.96. The fourth-order valence-corrected chi connectivity index (χ4v) is 4.55. The zero-order valence-electron chi connectivity index (χ0n) is 12.0. The Bertz CT molecular complexity index is 281. The Hall–Kier alpha value is -0.0800. The van der Waals surface area contributed by atoms with Crippen molar-refractivity contribution in [2.24, 2.45) is 17.8 Å². The molecule has 0 radical (unpaired) electrons. The smallest absolute Gasteiger partial charge is 0.0950 e. The molecule has 2 saturated carbocycles. The zero-order valence-corrected chi connectivity index (χ0v) is 12.0. The SMILES string of the molecule is CCC(CCCCC1CCC2C1CC21CO1)OC. The first kappa shape index (κ1) is 12.9. The molecular formula is C16H28O2. The largest absolute Gasteiger partial charge is 0.381 e. The second-order valence-corrected chi connectivity index (χ2v) is 6.72. The third-order valence-corrected chi connectivity index (χ3v) is 5.88. The van der Waals surface area contributed by atoms with Crippen molar-refractivity contribution in [2.75, 3.05) is 13.7 Å². The van der Waals surface area contributed by atoms with Gasteiger partial charge in [0.15, 0.2) is 0 Å². The standard InChI is InChI=1S/C16H28O2/c1-3-13(17-2)7-5-4-6-12-8-9-15-14(12)10-16(15)11-18-16/h12-15H,3-11H2,1-2H3. The van der Waals surface area contributed by atoms with Crippen LogP contribution in [-0.4, -0.2) is 25.4 Å². The van der Waals surface area contributed by atoms with Gasteiger partial charge in [0.2, 0.25) is 0 Å². The molecule has 2 aliphatic carbocycles. The van der Waals surface area contributed by atoms with E-state index in [9.17, 15) is 0 Å². The van der Waals surface area contributed by atoms with E-state index in [4.69, 9.17) is 9.47 Å². The topological polar surface area (TPSA) is 21.8 Å². The average molecular weight is 252 g/mol. The zero-order chi connectivity index (χ0) is 12.6. The van der Waals surface area contributed by atoms with Crippen LogP contribution in [-0.2, 0) is 9.47 Å². The van der Waals surface area contributed by atoms with Gasteiger partial charge in [0.1, 0.15) is 0 Å². The van der Waals surface area contributed by atoms with Crippen molar-refractivity contribution in [3.05, 3.63) is 0 Å². The number of hydrogen-bond acceptors (Lipinski definition) is 2. The fourth-order valence-electron chi connectivity index (χ4n) is 4.55. The van der Waals surface area contributed by atoms with E-state index in [-0.39, 0.29) is 0 Å². The maximum Gasteiger partial charge on any atom is 0.0950 e. The van der Waals surface area contributed by atoms with Crippen molar-refractivity contribution in [1.29, 1.82) is 0 Å². The molecule has 0 bridgehead atoms. The molecule has 2 nitrogen and oxygen atoms in total. The van der Waals surface area contributed by atoms with Crippen LogP contribution < -0.4 is 0 Å². The normalized spacial score (nSPS) is 42.7. The Kier molecular flexibility index (Phi) is 3.68. The van der Waals surface area contributed by atoms with E-state index in [0.717, 1.165) is 30.8 Å². The van der Waals surface area contributed by atoms with E-state index in [1.54, 1.807) is 0 Å². The van der Waals surface area contributed by atoms with Crippen LogP contribution in [0.25, 0.3) is 0 Å². The quantitative estimate of drug-likeness (QED) is 0.508. The minimum absolute atomic E-state index is 0.419. The summed E-state index contributed by atoms with van der Waals surface area (Å²) >= 11 is 0. The molecule has 0 aromatic rings. The Balaban J connectivity index is 1.33. The van der Waals surface area contributed by atoms with Gasteiger partial charge in [-0.25, -0.2) is 0 Å². The second kappa shape index (κ2) is 5.13. The molecule has 3 rings (SSSR count). The molecule has 0 aromatic heterocycles. The molecule has 3 fully saturated rings. The lowest BCUT2D eigenvalue weighted by Crippen LogP contribution is -2.43. The van der Waals surface area contributed by atoms with E-state index in [0.29, 0.717) is 11.7 Å². The second-order valence-electron chi connectivity index (χ2n) is 6.72. The van der Waals surface area contributed by atoms with Crippen LogP contribution in [0.15, 0.2) is 0 Å². The van der Waals surface area contributed by atoms with Crippen LogP contribution >= 0.6 is 0 Å². The minimum Gasteiger partial charge on any atom is -0.381 e. The lowest BCUT2D eigenvalue weighted by molar-refractivity contribution is 0.0300. The summed E-state index contributed by atoms with van der Waals surface area (Å²) in [7, 11) is 1.85. The van der Waals surface area contributed by atoms with Gasteiger partial charge in [0.25, 0.3) is 0 Å². The van der Waals surface area contributed by atoms with E-state index in [1.165, 1.54) is 44.9 Å². The van der Waals surface area contributed by atoms with Crippen molar-refractivity contribution in [2.45, 2.75) is 70.0 Å². The van der Waals surface area contributed by atoms with E-state index < -0.39 is 0 Å². The third kappa shape index (κ3) is 2.22. The minimum atomic E-state index is 0.419. The van der Waals surface area contributed by atoms with E-state index in [1.807, 2.05) is 7.11 Å².